The first kappa shape index (κ1) is 39.2. The zero-order valence-electron chi connectivity index (χ0n) is 36.5. The van der Waals surface area contributed by atoms with Gasteiger partial charge in [-0.15, -0.1) is 0 Å². The molecule has 0 radical (unpaired) electrons. The summed E-state index contributed by atoms with van der Waals surface area (Å²) in [7, 11) is 0. The van der Waals surface area contributed by atoms with Crippen molar-refractivity contribution in [2.75, 3.05) is 0 Å². The van der Waals surface area contributed by atoms with E-state index in [2.05, 4.69) is 97.1 Å². The summed E-state index contributed by atoms with van der Waals surface area (Å²) in [6.45, 7) is 0. The molecule has 7 heteroatoms. The molecule has 2 aliphatic rings. The van der Waals surface area contributed by atoms with Gasteiger partial charge in [-0.3, -0.25) is 0 Å². The summed E-state index contributed by atoms with van der Waals surface area (Å²) < 4.78 is 6.73. The fourth-order valence-corrected chi connectivity index (χ4v) is 9.99. The number of para-hydroxylation sites is 2. The maximum Gasteiger partial charge on any atom is 0.164 e. The molecule has 1 aliphatic carbocycles. The maximum absolute atomic E-state index is 6.73. The van der Waals surface area contributed by atoms with E-state index in [1.165, 1.54) is 0 Å². The molecule has 3 heterocycles. The molecule has 0 bridgehead atoms. The third-order valence-electron chi connectivity index (χ3n) is 13.1. The molecule has 68 heavy (non-hydrogen) atoms. The normalized spacial score (nSPS) is 12.6. The predicted molar refractivity (Wildman–Crippen MR) is 269 cm³/mol. The second-order valence-electron chi connectivity index (χ2n) is 17.0. The zero-order valence-corrected chi connectivity index (χ0v) is 36.5. The lowest BCUT2D eigenvalue weighted by molar-refractivity contribution is 0.436. The first-order valence-electron chi connectivity index (χ1n) is 22.7. The van der Waals surface area contributed by atoms with Gasteiger partial charge in [0, 0.05) is 44.5 Å². The van der Waals surface area contributed by atoms with Gasteiger partial charge in [0.15, 0.2) is 34.9 Å². The highest BCUT2D eigenvalue weighted by molar-refractivity contribution is 5.97. The van der Waals surface area contributed by atoms with Crippen molar-refractivity contribution in [3.8, 4) is 102 Å². The monoisotopic (exact) mass is 870 g/mol. The van der Waals surface area contributed by atoms with Crippen molar-refractivity contribution >= 4 is 0 Å². The molecule has 11 aromatic rings. The fraction of sp³-hybridized carbons (Fsp3) is 0.0164. The number of hydrogen-bond acceptors (Lipinski definition) is 7. The lowest BCUT2D eigenvalue weighted by atomic mass is 9.66. The van der Waals surface area contributed by atoms with Gasteiger partial charge >= 0.3 is 0 Å². The summed E-state index contributed by atoms with van der Waals surface area (Å²) in [6, 6.07) is 79.3. The minimum atomic E-state index is -0.730. The Kier molecular flexibility index (Phi) is 9.25. The standard InChI is InChI=1S/C61H38N6O/c1-5-18-40(19-6-1)55-62-56(41-20-7-2-8-21-41)64-59(63-55)44-34-32-39(33-35-44)45-36-37-46-51(38-45)61(48-27-13-15-30-52(48)68-53-31-16-14-28-49(53)61)50-29-17-26-47(54(46)50)60-66-57(42-22-9-3-10-23-42)65-58(67-60)43-24-11-4-12-25-43/h1-38H. The number of nitrogens with zero attached hydrogens (tertiary/aromatic N) is 6. The summed E-state index contributed by atoms with van der Waals surface area (Å²) in [4.78, 5) is 30.5. The average Bonchev–Trinajstić information content (AvgIpc) is 3.71. The van der Waals surface area contributed by atoms with E-state index >= 15 is 0 Å². The minimum absolute atomic E-state index is 0.607. The van der Waals surface area contributed by atoms with Crippen LogP contribution in [0, 0.1) is 0 Å². The molecule has 9 aromatic carbocycles. The molecular weight excluding hydrogens is 833 g/mol. The number of hydrogen-bond donors (Lipinski definition) is 0. The van der Waals surface area contributed by atoms with Gasteiger partial charge < -0.3 is 4.74 Å². The van der Waals surface area contributed by atoms with Crippen LogP contribution in [0.25, 0.3) is 90.6 Å². The third kappa shape index (κ3) is 6.43. The van der Waals surface area contributed by atoms with E-state index in [0.29, 0.717) is 34.9 Å². The molecule has 0 unspecified atom stereocenters. The predicted octanol–water partition coefficient (Wildman–Crippen LogP) is 14.2. The molecule has 0 fully saturated rings. The molecule has 0 atom stereocenters. The van der Waals surface area contributed by atoms with Crippen molar-refractivity contribution in [3.05, 3.63) is 253 Å². The van der Waals surface area contributed by atoms with Crippen molar-refractivity contribution in [3.63, 3.8) is 0 Å². The molecular formula is C61H38N6O. The molecule has 0 saturated carbocycles. The Hall–Kier alpha value is -9.20. The van der Waals surface area contributed by atoms with Crippen molar-refractivity contribution in [1.29, 1.82) is 0 Å². The molecule has 13 rings (SSSR count). The first-order valence-corrected chi connectivity index (χ1v) is 22.7. The molecule has 0 amide bonds. The first-order chi connectivity index (χ1) is 33.7. The van der Waals surface area contributed by atoms with Gasteiger partial charge in [-0.25, -0.2) is 29.9 Å². The zero-order chi connectivity index (χ0) is 45.0. The van der Waals surface area contributed by atoms with Gasteiger partial charge in [-0.05, 0) is 51.6 Å². The number of benzene rings is 9. The Bertz CT molecular complexity index is 3530. The highest BCUT2D eigenvalue weighted by atomic mass is 16.5. The molecule has 1 aliphatic heterocycles. The Morgan fingerprint density at radius 2 is 0.618 bits per heavy atom. The summed E-state index contributed by atoms with van der Waals surface area (Å²) in [5, 5.41) is 0. The van der Waals surface area contributed by atoms with Gasteiger partial charge in [-0.1, -0.05) is 212 Å². The fourth-order valence-electron chi connectivity index (χ4n) is 9.99. The molecule has 0 N–H and O–H groups in total. The van der Waals surface area contributed by atoms with Crippen LogP contribution in [0.2, 0.25) is 0 Å². The van der Waals surface area contributed by atoms with Crippen LogP contribution >= 0.6 is 0 Å². The number of rotatable bonds is 7. The highest BCUT2D eigenvalue weighted by Gasteiger charge is 2.52. The van der Waals surface area contributed by atoms with E-state index in [1.54, 1.807) is 0 Å². The average molecular weight is 871 g/mol. The molecule has 1 spiro atoms. The number of ether oxygens (including phenoxy) is 1. The Morgan fingerprint density at radius 1 is 0.250 bits per heavy atom. The lowest BCUT2D eigenvalue weighted by Crippen LogP contribution is -2.32. The van der Waals surface area contributed by atoms with E-state index in [0.717, 1.165) is 89.4 Å². The van der Waals surface area contributed by atoms with E-state index in [1.807, 2.05) is 133 Å². The van der Waals surface area contributed by atoms with Gasteiger partial charge in [-0.2, -0.15) is 0 Å². The van der Waals surface area contributed by atoms with Crippen molar-refractivity contribution < 1.29 is 4.74 Å². The van der Waals surface area contributed by atoms with Gasteiger partial charge in [0.2, 0.25) is 0 Å². The minimum Gasteiger partial charge on any atom is -0.457 e. The summed E-state index contributed by atoms with van der Waals surface area (Å²) in [5.74, 6) is 5.35. The third-order valence-corrected chi connectivity index (χ3v) is 13.1. The van der Waals surface area contributed by atoms with Crippen LogP contribution in [0.1, 0.15) is 22.3 Å². The van der Waals surface area contributed by atoms with Crippen molar-refractivity contribution in [2.45, 2.75) is 5.41 Å². The number of aromatic nitrogens is 6. The Labute approximate surface area is 393 Å². The second-order valence-corrected chi connectivity index (χ2v) is 17.0. The van der Waals surface area contributed by atoms with Gasteiger partial charge in [0.25, 0.3) is 0 Å². The lowest BCUT2D eigenvalue weighted by Gasteiger charge is -2.39. The maximum atomic E-state index is 6.73. The van der Waals surface area contributed by atoms with Crippen LogP contribution in [0.15, 0.2) is 231 Å². The smallest absolute Gasteiger partial charge is 0.164 e. The topological polar surface area (TPSA) is 86.6 Å². The van der Waals surface area contributed by atoms with E-state index in [4.69, 9.17) is 34.6 Å². The van der Waals surface area contributed by atoms with E-state index < -0.39 is 5.41 Å². The largest absolute Gasteiger partial charge is 0.457 e. The second kappa shape index (κ2) is 16.0. The van der Waals surface area contributed by atoms with Gasteiger partial charge in [0.1, 0.15) is 11.5 Å². The SMILES string of the molecule is c1ccc(-c2nc(-c3ccccc3)nc(-c3ccc(-c4ccc5c(c4)C4(c6ccccc6Oc6ccccc64)c4cccc(-c6nc(-c7ccccc7)nc(-c7ccccc7)n6)c4-5)cc3)n2)cc1. The summed E-state index contributed by atoms with van der Waals surface area (Å²) in [5.41, 5.74) is 13.6. The van der Waals surface area contributed by atoms with E-state index in [-0.39, 0.29) is 0 Å². The van der Waals surface area contributed by atoms with Crippen LogP contribution in [0.4, 0.5) is 0 Å². The number of fused-ring (bicyclic) bond motifs is 9. The quantitative estimate of drug-likeness (QED) is 0.158. The van der Waals surface area contributed by atoms with Crippen LogP contribution < -0.4 is 4.74 Å². The Morgan fingerprint density at radius 3 is 1.09 bits per heavy atom. The van der Waals surface area contributed by atoms with Crippen molar-refractivity contribution in [1.82, 2.24) is 29.9 Å². The van der Waals surface area contributed by atoms with Gasteiger partial charge in [0.05, 0.1) is 5.41 Å². The van der Waals surface area contributed by atoms with Crippen LogP contribution in [0.5, 0.6) is 11.5 Å². The summed E-state index contributed by atoms with van der Waals surface area (Å²) in [6.07, 6.45) is 0. The molecule has 0 saturated heterocycles. The highest BCUT2D eigenvalue weighted by Crippen LogP contribution is 2.63. The molecule has 7 nitrogen and oxygen atoms in total. The van der Waals surface area contributed by atoms with E-state index in [9.17, 15) is 0 Å². The van der Waals surface area contributed by atoms with Crippen LogP contribution in [-0.2, 0) is 5.41 Å². The van der Waals surface area contributed by atoms with Crippen molar-refractivity contribution in [2.24, 2.45) is 0 Å². The Balaban J connectivity index is 1.000. The van der Waals surface area contributed by atoms with Crippen LogP contribution in [-0.4, -0.2) is 29.9 Å². The van der Waals surface area contributed by atoms with Crippen LogP contribution in [0.3, 0.4) is 0 Å². The molecule has 2 aromatic heterocycles. The molecule has 318 valence electrons. The summed E-state index contributed by atoms with van der Waals surface area (Å²) >= 11 is 0.